The predicted molar refractivity (Wildman–Crippen MR) is 286 cm³/mol. The fourth-order valence-corrected chi connectivity index (χ4v) is 12.5. The molecule has 4 bridgehead atoms. The molecule has 3 amide bonds. The Labute approximate surface area is 455 Å². The first-order chi connectivity index (χ1) is 37.1. The topological polar surface area (TPSA) is 279 Å². The van der Waals surface area contributed by atoms with Crippen molar-refractivity contribution in [3.8, 4) is 28.4 Å². The van der Waals surface area contributed by atoms with E-state index >= 15 is 0 Å². The Morgan fingerprint density at radius 2 is 1.36 bits per heavy atom. The van der Waals surface area contributed by atoms with Gasteiger partial charge in [0.15, 0.2) is 5.69 Å². The first-order valence-corrected chi connectivity index (χ1v) is 27.1. The van der Waals surface area contributed by atoms with Crippen LogP contribution in [0.1, 0.15) is 104 Å². The van der Waals surface area contributed by atoms with Crippen molar-refractivity contribution < 1.29 is 63.8 Å². The maximum Gasteiger partial charge on any atom is 0.330 e. The van der Waals surface area contributed by atoms with Crippen molar-refractivity contribution in [2.24, 2.45) is 23.7 Å². The molecule has 1 unspecified atom stereocenters. The lowest BCUT2D eigenvalue weighted by atomic mass is 9.48. The van der Waals surface area contributed by atoms with Crippen LogP contribution < -0.4 is 10.1 Å². The Hall–Kier alpha value is -6.80. The zero-order valence-electron chi connectivity index (χ0n) is 45.8. The number of carboxylic acid groups (broad SMARTS) is 4. The molecule has 5 fully saturated rings. The number of hydrogen-bond acceptors (Lipinski definition) is 14. The number of rotatable bonds is 25. The van der Waals surface area contributed by atoms with E-state index in [-0.39, 0.29) is 110 Å². The summed E-state index contributed by atoms with van der Waals surface area (Å²) in [4.78, 5) is 101. The number of phenols is 1. The van der Waals surface area contributed by atoms with Crippen LogP contribution in [0, 0.1) is 35.8 Å². The number of nitrogens with zero attached hydrogens (tertiary/aromatic N) is 8. The van der Waals surface area contributed by atoms with E-state index in [1.54, 1.807) is 56.8 Å². The number of aliphatic carboxylic acids is 4. The maximum atomic E-state index is 14.4. The van der Waals surface area contributed by atoms with Gasteiger partial charge in [-0.05, 0) is 137 Å². The van der Waals surface area contributed by atoms with Crippen LogP contribution >= 0.6 is 0 Å². The lowest BCUT2D eigenvalue weighted by Crippen LogP contribution is -2.70. The van der Waals surface area contributed by atoms with E-state index in [1.165, 1.54) is 23.9 Å². The molecule has 4 saturated carbocycles. The normalized spacial score (nSPS) is 22.0. The molecule has 78 heavy (non-hydrogen) atoms. The number of carboxylic acids is 4. The largest absolute Gasteiger partial charge is 0.507 e. The molecular formula is C56H77N9O13. The summed E-state index contributed by atoms with van der Waals surface area (Å²) in [6.45, 7) is 7.19. The van der Waals surface area contributed by atoms with Crippen LogP contribution in [0.25, 0.3) is 16.9 Å². The van der Waals surface area contributed by atoms with Gasteiger partial charge in [-0.15, -0.1) is 0 Å². The maximum absolute atomic E-state index is 14.4. The predicted octanol–water partition coefficient (Wildman–Crippen LogP) is 3.55. The molecule has 5 aliphatic rings. The zero-order chi connectivity index (χ0) is 56.6. The highest BCUT2D eigenvalue weighted by Crippen LogP contribution is 2.58. The number of nitrogens with one attached hydrogen (secondary N) is 1. The fourth-order valence-electron chi connectivity index (χ4n) is 12.5. The zero-order valence-corrected chi connectivity index (χ0v) is 45.8. The third-order valence-corrected chi connectivity index (χ3v) is 16.5. The van der Waals surface area contributed by atoms with Gasteiger partial charge in [0.2, 0.25) is 5.91 Å². The number of amides is 3. The van der Waals surface area contributed by atoms with Crippen LogP contribution in [0.4, 0.5) is 0 Å². The number of benzene rings is 1. The van der Waals surface area contributed by atoms with Crippen LogP contribution in [0.3, 0.4) is 0 Å². The number of hydrogen-bond donors (Lipinski definition) is 6. The van der Waals surface area contributed by atoms with Crippen molar-refractivity contribution in [1.29, 1.82) is 0 Å². The van der Waals surface area contributed by atoms with Gasteiger partial charge in [0.05, 0.1) is 37.0 Å². The molecule has 1 aromatic heterocycles. The smallest absolute Gasteiger partial charge is 0.330 e. The number of phenolic OH excluding ortho intramolecular Hbond substituents is 1. The van der Waals surface area contributed by atoms with Crippen molar-refractivity contribution in [1.82, 2.24) is 44.5 Å². The van der Waals surface area contributed by atoms with E-state index in [1.807, 2.05) is 20.9 Å². The minimum atomic E-state index is -1.42. The van der Waals surface area contributed by atoms with Gasteiger partial charge in [0, 0.05) is 72.9 Å². The van der Waals surface area contributed by atoms with Crippen molar-refractivity contribution in [3.63, 3.8) is 0 Å². The van der Waals surface area contributed by atoms with E-state index in [0.717, 1.165) is 32.1 Å². The molecule has 8 rings (SSSR count). The molecular weight excluding hydrogens is 1010 g/mol. The summed E-state index contributed by atoms with van der Waals surface area (Å²) in [6.07, 6.45) is 5.41. The van der Waals surface area contributed by atoms with Gasteiger partial charge in [-0.25, -0.2) is 9.48 Å². The van der Waals surface area contributed by atoms with Gasteiger partial charge < -0.3 is 50.3 Å². The summed E-state index contributed by atoms with van der Waals surface area (Å²) in [5.41, 5.74) is 0.369. The van der Waals surface area contributed by atoms with Gasteiger partial charge in [0.25, 0.3) is 11.8 Å². The molecule has 2 aromatic carbocycles. The van der Waals surface area contributed by atoms with Crippen LogP contribution in [0.2, 0.25) is 0 Å². The third-order valence-electron chi connectivity index (χ3n) is 16.5. The van der Waals surface area contributed by atoms with E-state index in [9.17, 15) is 59.1 Å². The molecule has 2 heterocycles. The van der Waals surface area contributed by atoms with Crippen LogP contribution in [-0.4, -0.2) is 225 Å². The van der Waals surface area contributed by atoms with Crippen molar-refractivity contribution in [2.45, 2.75) is 89.1 Å². The first kappa shape index (κ1) is 58.9. The highest BCUT2D eigenvalue weighted by molar-refractivity contribution is 5.98. The summed E-state index contributed by atoms with van der Waals surface area (Å²) in [6, 6.07) is 13.2. The first-order valence-electron chi connectivity index (χ1n) is 27.1. The molecule has 1 saturated heterocycles. The summed E-state index contributed by atoms with van der Waals surface area (Å²) in [7, 11) is 6.80. The SMILES string of the molecule is COc1cccc(O)c1-c1cc(C(=O)NC2(C(=O)O)C3CC4CC(C3)CC2C4)nn1-c1c#cc(C(=O)N(C)CCCN(C)CCCN(C)C(=O)CCC(C(=O)O)N2CCN(CC(=O)O)CCN(CC(=O)O)CC2)cc1C(C)C. The number of carbonyl (C=O) groups excluding carboxylic acids is 3. The molecule has 3 aromatic rings. The Kier molecular flexibility index (Phi) is 19.5. The van der Waals surface area contributed by atoms with Crippen LogP contribution in [0.15, 0.2) is 30.3 Å². The molecule has 1 aliphatic heterocycles. The highest BCUT2D eigenvalue weighted by atomic mass is 16.5. The second-order valence-corrected chi connectivity index (χ2v) is 22.2. The minimum absolute atomic E-state index is 0.0241. The van der Waals surface area contributed by atoms with Gasteiger partial charge in [0.1, 0.15) is 28.8 Å². The highest BCUT2D eigenvalue weighted by Gasteiger charge is 2.62. The molecule has 1 atom stereocenters. The second kappa shape index (κ2) is 25.8. The fraction of sp³-hybridized carbons (Fsp3) is 0.607. The number of aromatic hydroxyl groups is 1. The van der Waals surface area contributed by atoms with Crippen molar-refractivity contribution >= 4 is 41.6 Å². The van der Waals surface area contributed by atoms with E-state index in [0.29, 0.717) is 80.9 Å². The van der Waals surface area contributed by atoms with E-state index in [2.05, 4.69) is 22.3 Å². The Morgan fingerprint density at radius 3 is 1.90 bits per heavy atom. The minimum Gasteiger partial charge on any atom is -0.507 e. The standard InChI is InChI=1S/C56H77N9O13/c1-35(2)41-31-38(12-13-43(41)65-45(51-46(66)10-7-11-47(51)78-6)32-42(58-65)52(72)57-56(55(76)77)39-27-36-26-37(29-39)30-40(56)28-36)53(73)61(5)19-9-17-59(3)16-8-18-60(4)48(67)15-14-44(54(74)75)64-24-22-62(33-49(68)69)20-21-63(23-25-64)34-50(70)71/h7,10-11,31-32,35-37,39-40,44,66H,8-9,14-30,33-34H2,1-6H3,(H,57,72)(H,68,69)(H,70,71)(H,74,75)(H,76,77). The van der Waals surface area contributed by atoms with Crippen LogP contribution in [0.5, 0.6) is 11.5 Å². The molecule has 4 aliphatic carbocycles. The quantitative estimate of drug-likeness (QED) is 0.0708. The monoisotopic (exact) mass is 1080 g/mol. The summed E-state index contributed by atoms with van der Waals surface area (Å²) < 4.78 is 7.14. The molecule has 0 radical (unpaired) electrons. The van der Waals surface area contributed by atoms with Crippen molar-refractivity contribution in [3.05, 3.63) is 59.3 Å². The second-order valence-electron chi connectivity index (χ2n) is 22.2. The van der Waals surface area contributed by atoms with Gasteiger partial charge >= 0.3 is 23.9 Å². The van der Waals surface area contributed by atoms with Crippen LogP contribution in [-0.2, 0) is 24.0 Å². The number of methoxy groups -OCH3 is 1. The average Bonchev–Trinajstić information content (AvgIpc) is 3.82. The Balaban J connectivity index is 0.945. The average molecular weight is 1080 g/mol. The lowest BCUT2D eigenvalue weighted by molar-refractivity contribution is -0.163. The molecule has 22 nitrogen and oxygen atoms in total. The van der Waals surface area contributed by atoms with E-state index < -0.39 is 41.4 Å². The Bertz CT molecular complexity index is 2620. The number of aromatic nitrogens is 2. The molecule has 424 valence electrons. The number of carbonyl (C=O) groups is 7. The van der Waals surface area contributed by atoms with Gasteiger partial charge in [-0.3, -0.25) is 43.5 Å². The van der Waals surface area contributed by atoms with E-state index in [4.69, 9.17) is 9.84 Å². The third kappa shape index (κ3) is 13.7. The molecule has 6 N–H and O–H groups in total. The molecule has 22 heteroatoms. The summed E-state index contributed by atoms with van der Waals surface area (Å²) in [5, 5.41) is 58.8. The Morgan fingerprint density at radius 1 is 0.782 bits per heavy atom. The number of ether oxygens (including phenoxy) is 1. The summed E-state index contributed by atoms with van der Waals surface area (Å²) >= 11 is 0. The lowest BCUT2D eigenvalue weighted by Gasteiger charge is -2.59. The van der Waals surface area contributed by atoms with Gasteiger partial charge in [-0.2, -0.15) is 5.10 Å². The molecule has 0 spiro atoms. The summed E-state index contributed by atoms with van der Waals surface area (Å²) in [5.74, 6) is -4.81. The van der Waals surface area contributed by atoms with Gasteiger partial charge in [-0.1, -0.05) is 26.0 Å². The van der Waals surface area contributed by atoms with Crippen molar-refractivity contribution in [2.75, 3.05) is 107 Å².